The Kier molecular flexibility index (Phi) is 3.29. The monoisotopic (exact) mass is 211 g/mol. The van der Waals surface area contributed by atoms with Gasteiger partial charge < -0.3 is 0 Å². The van der Waals surface area contributed by atoms with Crippen LogP contribution < -0.4 is 0 Å². The van der Waals surface area contributed by atoms with E-state index < -0.39 is 14.2 Å². The fraction of sp³-hybridized carbons (Fsp3) is 1.00. The molecule has 0 aliphatic heterocycles. The molecule has 0 heterocycles. The van der Waals surface area contributed by atoms with Crippen molar-refractivity contribution in [1.82, 2.24) is 0 Å². The largest absolute Gasteiger partial charge is 0.400 e. The molecule has 3 nitrogen and oxygen atoms in total. The predicted octanol–water partition coefficient (Wildman–Crippen LogP) is 2.20. The lowest BCUT2D eigenvalue weighted by Gasteiger charge is -2.09. The number of nitro groups is 1. The van der Waals surface area contributed by atoms with Crippen molar-refractivity contribution in [3.05, 3.63) is 10.1 Å². The van der Waals surface area contributed by atoms with E-state index in [2.05, 4.69) is 0 Å². The van der Waals surface area contributed by atoms with Crippen LogP contribution in [-0.4, -0.2) is 14.2 Å². The molecule has 0 fully saturated rings. The smallest absolute Gasteiger partial charge is 0.261 e. The molecule has 0 spiro atoms. The van der Waals surface area contributed by atoms with E-state index in [1.54, 1.807) is 0 Å². The van der Waals surface area contributed by atoms with E-state index in [1.165, 1.54) is 0 Å². The van der Waals surface area contributed by atoms with Gasteiger partial charge in [0.1, 0.15) is 0 Å². The van der Waals surface area contributed by atoms with Gasteiger partial charge in [0.05, 0.1) is 4.92 Å². The van der Waals surface area contributed by atoms with Crippen molar-refractivity contribution >= 4 is 46.4 Å². The highest BCUT2D eigenvalue weighted by molar-refractivity contribution is 6.58. The first-order valence-corrected chi connectivity index (χ1v) is 3.32. The van der Waals surface area contributed by atoms with Crippen LogP contribution in [0.5, 0.6) is 0 Å². The number of hydrogen-bond acceptors (Lipinski definition) is 2. The first-order valence-electron chi connectivity index (χ1n) is 1.69. The Morgan fingerprint density at radius 2 is 1.78 bits per heavy atom. The van der Waals surface area contributed by atoms with Crippen molar-refractivity contribution in [2.45, 2.75) is 9.29 Å². The molecular formula is C2HCl4NO2. The van der Waals surface area contributed by atoms with Gasteiger partial charge in [0.2, 0.25) is 4.84 Å². The van der Waals surface area contributed by atoms with Gasteiger partial charge in [0, 0.05) is 0 Å². The lowest BCUT2D eigenvalue weighted by molar-refractivity contribution is -0.512. The number of alkyl halides is 4. The van der Waals surface area contributed by atoms with Gasteiger partial charge in [0.25, 0.3) is 0 Å². The summed E-state index contributed by atoms with van der Waals surface area (Å²) in [7, 11) is 0. The Hall–Kier alpha value is 0.560. The quantitative estimate of drug-likeness (QED) is 0.305. The van der Waals surface area contributed by atoms with Gasteiger partial charge >= 0.3 is 4.46 Å². The Balaban J connectivity index is 4.19. The van der Waals surface area contributed by atoms with E-state index in [9.17, 15) is 10.1 Å². The maximum Gasteiger partial charge on any atom is 0.400 e. The fourth-order valence-corrected chi connectivity index (χ4v) is 0.239. The van der Waals surface area contributed by atoms with Crippen LogP contribution in [0, 0.1) is 10.1 Å². The van der Waals surface area contributed by atoms with Crippen LogP contribution in [0.15, 0.2) is 0 Å². The zero-order chi connectivity index (χ0) is 7.65. The molecule has 0 saturated carbocycles. The summed E-state index contributed by atoms with van der Waals surface area (Å²) in [5, 5.41) is 9.84. The van der Waals surface area contributed by atoms with Crippen LogP contribution in [0.4, 0.5) is 0 Å². The highest BCUT2D eigenvalue weighted by atomic mass is 35.5. The molecule has 7 heteroatoms. The summed E-state index contributed by atoms with van der Waals surface area (Å²) >= 11 is 20.1. The van der Waals surface area contributed by atoms with Crippen LogP contribution in [0.3, 0.4) is 0 Å². The van der Waals surface area contributed by atoms with Crippen LogP contribution >= 0.6 is 46.4 Å². The molecule has 0 amide bonds. The van der Waals surface area contributed by atoms with Gasteiger partial charge in [-0.15, -0.1) is 0 Å². The molecule has 0 N–H and O–H groups in total. The van der Waals surface area contributed by atoms with Crippen molar-refractivity contribution in [2.24, 2.45) is 0 Å². The zero-order valence-corrected chi connectivity index (χ0v) is 6.88. The number of rotatable bonds is 2. The summed E-state index contributed by atoms with van der Waals surface area (Å²) in [6, 6.07) is 0. The maximum atomic E-state index is 9.84. The first kappa shape index (κ1) is 9.56. The van der Waals surface area contributed by atoms with Gasteiger partial charge in [-0.1, -0.05) is 23.2 Å². The third-order valence-electron chi connectivity index (χ3n) is 0.506. The minimum Gasteiger partial charge on any atom is -0.261 e. The molecule has 0 unspecified atom stereocenters. The van der Waals surface area contributed by atoms with E-state index in [0.717, 1.165) is 0 Å². The third kappa shape index (κ3) is 2.34. The van der Waals surface area contributed by atoms with Crippen molar-refractivity contribution in [1.29, 1.82) is 0 Å². The molecule has 0 aliphatic carbocycles. The van der Waals surface area contributed by atoms with E-state index in [0.29, 0.717) is 0 Å². The van der Waals surface area contributed by atoms with Crippen molar-refractivity contribution < 1.29 is 4.92 Å². The first-order chi connectivity index (χ1) is 3.89. The molecule has 0 radical (unpaired) electrons. The molecule has 0 aromatic rings. The Morgan fingerprint density at radius 1 is 1.44 bits per heavy atom. The summed E-state index contributed by atoms with van der Waals surface area (Å²) in [5.41, 5.74) is 0. The molecule has 54 valence electrons. The summed E-state index contributed by atoms with van der Waals surface area (Å²) in [6.07, 6.45) is 0. The van der Waals surface area contributed by atoms with Gasteiger partial charge in [-0.3, -0.25) is 10.1 Å². The van der Waals surface area contributed by atoms with Crippen LogP contribution in [0.2, 0.25) is 0 Å². The number of hydrogen-bond donors (Lipinski definition) is 0. The maximum absolute atomic E-state index is 9.84. The highest BCUT2D eigenvalue weighted by Crippen LogP contribution is 2.31. The lowest BCUT2D eigenvalue weighted by atomic mass is 10.7. The van der Waals surface area contributed by atoms with Gasteiger partial charge in [-0.05, 0) is 23.2 Å². The van der Waals surface area contributed by atoms with Gasteiger partial charge in [-0.2, -0.15) is 0 Å². The van der Waals surface area contributed by atoms with Crippen molar-refractivity contribution in [2.75, 3.05) is 0 Å². The van der Waals surface area contributed by atoms with Gasteiger partial charge in [0.15, 0.2) is 0 Å². The topological polar surface area (TPSA) is 43.1 Å². The van der Waals surface area contributed by atoms with Crippen LogP contribution in [0.1, 0.15) is 0 Å². The molecule has 0 rings (SSSR count). The average molecular weight is 213 g/mol. The molecule has 0 saturated heterocycles. The molecule has 0 aromatic carbocycles. The van der Waals surface area contributed by atoms with E-state index in [1.807, 2.05) is 0 Å². The zero-order valence-electron chi connectivity index (χ0n) is 3.85. The molecular weight excluding hydrogens is 212 g/mol. The van der Waals surface area contributed by atoms with Crippen molar-refractivity contribution in [3.8, 4) is 0 Å². The SMILES string of the molecule is O=[N+]([O-])C(Cl)(Cl)C(Cl)Cl. The van der Waals surface area contributed by atoms with E-state index in [4.69, 9.17) is 46.4 Å². The molecule has 0 atom stereocenters. The molecule has 0 aromatic heterocycles. The number of nitrogens with zero attached hydrogens (tertiary/aromatic N) is 1. The van der Waals surface area contributed by atoms with E-state index in [-0.39, 0.29) is 0 Å². The molecule has 0 bridgehead atoms. The molecule has 0 aliphatic rings. The van der Waals surface area contributed by atoms with Crippen LogP contribution in [-0.2, 0) is 0 Å². The molecule has 9 heavy (non-hydrogen) atoms. The lowest BCUT2D eigenvalue weighted by Crippen LogP contribution is -2.31. The second kappa shape index (κ2) is 3.10. The Bertz CT molecular complexity index is 124. The van der Waals surface area contributed by atoms with Gasteiger partial charge in [-0.25, -0.2) is 0 Å². The third-order valence-corrected chi connectivity index (χ3v) is 2.30. The summed E-state index contributed by atoms with van der Waals surface area (Å²) in [5.74, 6) is 0. The average Bonchev–Trinajstić information content (AvgIpc) is 1.65. The van der Waals surface area contributed by atoms with Crippen molar-refractivity contribution in [3.63, 3.8) is 0 Å². The minimum absolute atomic E-state index is 0.971. The Labute approximate surface area is 71.0 Å². The highest BCUT2D eigenvalue weighted by Gasteiger charge is 2.45. The fourth-order valence-electron chi connectivity index (χ4n) is 0.0797. The summed E-state index contributed by atoms with van der Waals surface area (Å²) in [4.78, 5) is 7.43. The number of halogens is 4. The van der Waals surface area contributed by atoms with E-state index >= 15 is 0 Å². The Morgan fingerprint density at radius 3 is 1.78 bits per heavy atom. The summed E-state index contributed by atoms with van der Waals surface area (Å²) in [6.45, 7) is 0. The normalized spacial score (nSPS) is 12.1. The second-order valence-electron chi connectivity index (χ2n) is 1.15. The summed E-state index contributed by atoms with van der Waals surface area (Å²) < 4.78 is -2.30. The predicted molar refractivity (Wildman–Crippen MR) is 36.9 cm³/mol. The van der Waals surface area contributed by atoms with Crippen LogP contribution in [0.25, 0.3) is 0 Å². The standard InChI is InChI=1S/C2HCl4NO2/c3-1(4)2(5,6)7(8)9/h1H. The second-order valence-corrected chi connectivity index (χ2v) is 3.59. The minimum atomic E-state index is -2.30.